The smallest absolute Gasteiger partial charge is 0.290 e. The van der Waals surface area contributed by atoms with Crippen LogP contribution in [0.1, 0.15) is 45.3 Å². The quantitative estimate of drug-likeness (QED) is 0.652. The molecule has 0 bridgehead atoms. The highest BCUT2D eigenvalue weighted by Gasteiger charge is 2.42. The van der Waals surface area contributed by atoms with Gasteiger partial charge in [-0.05, 0) is 55.2 Å². The number of carbonyl (C=O) groups is 1. The van der Waals surface area contributed by atoms with E-state index in [4.69, 9.17) is 27.6 Å². The van der Waals surface area contributed by atoms with E-state index < -0.39 is 6.04 Å². The highest BCUT2D eigenvalue weighted by Crippen LogP contribution is 2.40. The van der Waals surface area contributed by atoms with Gasteiger partial charge in [0.1, 0.15) is 5.58 Å². The van der Waals surface area contributed by atoms with E-state index in [2.05, 4.69) is 0 Å². The van der Waals surface area contributed by atoms with Crippen molar-refractivity contribution in [3.63, 3.8) is 0 Å². The fraction of sp³-hybridized carbons (Fsp3) is 0.273. The average Bonchev–Trinajstić information content (AvgIpc) is 2.95. The summed E-state index contributed by atoms with van der Waals surface area (Å²) in [5.74, 6) is -0.327. The second-order valence-corrected chi connectivity index (χ2v) is 8.10. The van der Waals surface area contributed by atoms with Gasteiger partial charge < -0.3 is 14.4 Å². The van der Waals surface area contributed by atoms with Gasteiger partial charge >= 0.3 is 0 Å². The minimum absolute atomic E-state index is 0.0449. The van der Waals surface area contributed by atoms with Crippen LogP contribution in [0.15, 0.2) is 39.5 Å². The number of hydrogen-bond donors (Lipinski definition) is 1. The monoisotopic (exact) mass is 431 g/mol. The third kappa shape index (κ3) is 3.23. The molecule has 7 heteroatoms. The van der Waals surface area contributed by atoms with E-state index in [0.29, 0.717) is 38.6 Å². The maximum Gasteiger partial charge on any atom is 0.290 e. The molecule has 2 heterocycles. The zero-order valence-electron chi connectivity index (χ0n) is 16.0. The minimum Gasteiger partial charge on any atom is -0.450 e. The number of aliphatic hydroxyl groups is 1. The summed E-state index contributed by atoms with van der Waals surface area (Å²) >= 11 is 12.3. The van der Waals surface area contributed by atoms with E-state index >= 15 is 0 Å². The normalized spacial score (nSPS) is 16.0. The molecule has 1 aliphatic heterocycles. The number of rotatable bonds is 4. The van der Waals surface area contributed by atoms with Crippen LogP contribution in [0.5, 0.6) is 0 Å². The van der Waals surface area contributed by atoms with E-state index in [1.54, 1.807) is 29.2 Å². The van der Waals surface area contributed by atoms with Crippen LogP contribution in [0.3, 0.4) is 0 Å². The zero-order chi connectivity index (χ0) is 20.9. The lowest BCUT2D eigenvalue weighted by Gasteiger charge is -2.25. The molecule has 2 aromatic carbocycles. The van der Waals surface area contributed by atoms with Gasteiger partial charge in [0.05, 0.1) is 27.0 Å². The molecule has 1 atom stereocenters. The Balaban J connectivity index is 2.01. The molecule has 1 aromatic heterocycles. The molecule has 29 heavy (non-hydrogen) atoms. The van der Waals surface area contributed by atoms with Crippen molar-refractivity contribution < 1.29 is 14.3 Å². The van der Waals surface area contributed by atoms with Gasteiger partial charge in [-0.15, -0.1) is 0 Å². The van der Waals surface area contributed by atoms with Gasteiger partial charge in [-0.3, -0.25) is 9.59 Å². The van der Waals surface area contributed by atoms with Crippen molar-refractivity contribution in [2.75, 3.05) is 13.2 Å². The van der Waals surface area contributed by atoms with E-state index in [1.165, 1.54) is 0 Å². The number of halogens is 2. The molecular formula is C22H19Cl2NO4. The van der Waals surface area contributed by atoms with Crippen LogP contribution in [0, 0.1) is 13.8 Å². The first kappa shape index (κ1) is 20.0. The zero-order valence-corrected chi connectivity index (χ0v) is 17.5. The Morgan fingerprint density at radius 2 is 1.86 bits per heavy atom. The van der Waals surface area contributed by atoms with Crippen LogP contribution in [-0.2, 0) is 0 Å². The maximum atomic E-state index is 13.5. The lowest BCUT2D eigenvalue weighted by molar-refractivity contribution is 0.0716. The van der Waals surface area contributed by atoms with Crippen molar-refractivity contribution in [3.05, 3.63) is 78.6 Å². The molecule has 5 nitrogen and oxygen atoms in total. The fourth-order valence-electron chi connectivity index (χ4n) is 3.98. The molecule has 3 aromatic rings. The fourth-order valence-corrected chi connectivity index (χ4v) is 4.28. The Kier molecular flexibility index (Phi) is 5.15. The summed E-state index contributed by atoms with van der Waals surface area (Å²) in [6, 6.07) is 8.09. The SMILES string of the molecule is Cc1cc(C)c2oc3c(c(=O)c2c1)[C@@H](c1ccc(Cl)c(Cl)c1)N(CCCO)C3=O. The van der Waals surface area contributed by atoms with Gasteiger partial charge in [-0.25, -0.2) is 0 Å². The number of amides is 1. The first-order chi connectivity index (χ1) is 13.8. The molecule has 0 saturated carbocycles. The van der Waals surface area contributed by atoms with Gasteiger partial charge in [0.2, 0.25) is 5.76 Å². The summed E-state index contributed by atoms with van der Waals surface area (Å²) in [5.41, 5.74) is 2.89. The molecule has 0 aliphatic carbocycles. The maximum absolute atomic E-state index is 13.5. The highest BCUT2D eigenvalue weighted by atomic mass is 35.5. The average molecular weight is 432 g/mol. The summed E-state index contributed by atoms with van der Waals surface area (Å²) in [5, 5.41) is 10.5. The number of hydrogen-bond acceptors (Lipinski definition) is 4. The number of aryl methyl sites for hydroxylation is 2. The van der Waals surface area contributed by atoms with E-state index in [9.17, 15) is 14.7 Å². The van der Waals surface area contributed by atoms with Gasteiger partial charge in [0.15, 0.2) is 5.43 Å². The summed E-state index contributed by atoms with van der Waals surface area (Å²) < 4.78 is 5.99. The number of carbonyl (C=O) groups excluding carboxylic acids is 1. The first-order valence-electron chi connectivity index (χ1n) is 9.28. The molecule has 150 valence electrons. The molecular weight excluding hydrogens is 413 g/mol. The van der Waals surface area contributed by atoms with E-state index in [0.717, 1.165) is 11.1 Å². The van der Waals surface area contributed by atoms with Gasteiger partial charge in [-0.2, -0.15) is 0 Å². The van der Waals surface area contributed by atoms with Crippen molar-refractivity contribution in [3.8, 4) is 0 Å². The van der Waals surface area contributed by atoms with Crippen molar-refractivity contribution in [1.29, 1.82) is 0 Å². The van der Waals surface area contributed by atoms with Crippen molar-refractivity contribution in [1.82, 2.24) is 4.90 Å². The molecule has 0 unspecified atom stereocenters. The number of nitrogens with zero attached hydrogens (tertiary/aromatic N) is 1. The minimum atomic E-state index is -0.653. The molecule has 1 aliphatic rings. The predicted octanol–water partition coefficient (Wildman–Crippen LogP) is 4.64. The molecule has 1 N–H and O–H groups in total. The van der Waals surface area contributed by atoms with Crippen molar-refractivity contribution >= 4 is 40.1 Å². The Morgan fingerprint density at radius 3 is 2.55 bits per heavy atom. The van der Waals surface area contributed by atoms with E-state index in [-0.39, 0.29) is 30.2 Å². The molecule has 0 spiro atoms. The molecule has 0 radical (unpaired) electrons. The number of fused-ring (bicyclic) bond motifs is 2. The molecule has 4 rings (SSSR count). The largest absolute Gasteiger partial charge is 0.450 e. The lowest BCUT2D eigenvalue weighted by atomic mass is 9.97. The van der Waals surface area contributed by atoms with Gasteiger partial charge in [-0.1, -0.05) is 35.3 Å². The second kappa shape index (κ2) is 7.48. The topological polar surface area (TPSA) is 70.8 Å². The van der Waals surface area contributed by atoms with Crippen LogP contribution in [0.4, 0.5) is 0 Å². The third-order valence-corrected chi connectivity index (χ3v) is 5.95. The summed E-state index contributed by atoms with van der Waals surface area (Å²) in [4.78, 5) is 28.2. The summed E-state index contributed by atoms with van der Waals surface area (Å²) in [6.45, 7) is 3.96. The van der Waals surface area contributed by atoms with Crippen molar-refractivity contribution in [2.24, 2.45) is 0 Å². The number of benzene rings is 2. The standard InChI is InChI=1S/C22H19Cl2NO4/c1-11-8-12(2)20-14(9-11)19(27)17-18(13-4-5-15(23)16(24)10-13)25(6-3-7-26)22(28)21(17)29-20/h4-5,8-10,18,26H,3,6-7H2,1-2H3/t18-/m1/s1. The Morgan fingerprint density at radius 1 is 1.10 bits per heavy atom. The van der Waals surface area contributed by atoms with Crippen LogP contribution < -0.4 is 5.43 Å². The Hall–Kier alpha value is -2.34. The Bertz CT molecular complexity index is 1200. The number of aliphatic hydroxyl groups excluding tert-OH is 1. The third-order valence-electron chi connectivity index (χ3n) is 5.21. The van der Waals surface area contributed by atoms with E-state index in [1.807, 2.05) is 19.9 Å². The van der Waals surface area contributed by atoms with Crippen LogP contribution in [0.25, 0.3) is 11.0 Å². The summed E-state index contributed by atoms with van der Waals surface area (Å²) in [6.07, 6.45) is 0.378. The second-order valence-electron chi connectivity index (χ2n) is 7.28. The van der Waals surface area contributed by atoms with Crippen LogP contribution in [0.2, 0.25) is 10.0 Å². The molecule has 0 fully saturated rings. The lowest BCUT2D eigenvalue weighted by Crippen LogP contribution is -2.31. The Labute approximate surface area is 177 Å². The molecule has 1 amide bonds. The molecule has 0 saturated heterocycles. The highest BCUT2D eigenvalue weighted by molar-refractivity contribution is 6.42. The van der Waals surface area contributed by atoms with Gasteiger partial charge in [0.25, 0.3) is 5.91 Å². The predicted molar refractivity (Wildman–Crippen MR) is 113 cm³/mol. The van der Waals surface area contributed by atoms with Crippen molar-refractivity contribution in [2.45, 2.75) is 26.3 Å². The summed E-state index contributed by atoms with van der Waals surface area (Å²) in [7, 11) is 0. The first-order valence-corrected chi connectivity index (χ1v) is 10.0. The van der Waals surface area contributed by atoms with Crippen LogP contribution in [-0.4, -0.2) is 29.1 Å². The van der Waals surface area contributed by atoms with Gasteiger partial charge in [0, 0.05) is 13.2 Å². The van der Waals surface area contributed by atoms with Crippen LogP contribution >= 0.6 is 23.2 Å².